The van der Waals surface area contributed by atoms with Gasteiger partial charge in [0.1, 0.15) is 0 Å². The van der Waals surface area contributed by atoms with Gasteiger partial charge < -0.3 is 5.73 Å². The number of nitrogens with two attached hydrogens (primary N) is 1. The molecule has 1 aromatic rings. The zero-order valence-corrected chi connectivity index (χ0v) is 8.87. The third-order valence-corrected chi connectivity index (χ3v) is 2.84. The molecule has 2 nitrogen and oxygen atoms in total. The molecule has 76 valence electrons. The molecule has 0 aromatic heterocycles. The van der Waals surface area contributed by atoms with Crippen LogP contribution in [0.4, 0.5) is 0 Å². The normalized spacial score (nSPS) is 22.9. The van der Waals surface area contributed by atoms with Crippen LogP contribution in [0, 0.1) is 0 Å². The van der Waals surface area contributed by atoms with E-state index in [-0.39, 0.29) is 0 Å². The molecule has 0 bridgehead atoms. The third-order valence-electron chi connectivity index (χ3n) is 2.60. The zero-order valence-electron chi connectivity index (χ0n) is 8.12. The van der Waals surface area contributed by atoms with Crippen LogP contribution in [0.15, 0.2) is 24.3 Å². The van der Waals surface area contributed by atoms with Gasteiger partial charge >= 0.3 is 0 Å². The van der Waals surface area contributed by atoms with Crippen molar-refractivity contribution in [3.63, 3.8) is 0 Å². The van der Waals surface area contributed by atoms with E-state index in [1.54, 1.807) is 0 Å². The van der Waals surface area contributed by atoms with Crippen molar-refractivity contribution in [1.29, 1.82) is 0 Å². The van der Waals surface area contributed by atoms with Gasteiger partial charge in [-0.25, -0.2) is 0 Å². The summed E-state index contributed by atoms with van der Waals surface area (Å²) in [4.78, 5) is 2.37. The second-order valence-corrected chi connectivity index (χ2v) is 4.35. The van der Waals surface area contributed by atoms with Crippen molar-refractivity contribution >= 4 is 11.6 Å². The van der Waals surface area contributed by atoms with Crippen molar-refractivity contribution < 1.29 is 0 Å². The van der Waals surface area contributed by atoms with Crippen LogP contribution in [0.3, 0.4) is 0 Å². The minimum Gasteiger partial charge on any atom is -0.326 e. The van der Waals surface area contributed by atoms with E-state index in [9.17, 15) is 0 Å². The average Bonchev–Trinajstić information content (AvgIpc) is 2.51. The molecule has 1 saturated heterocycles. The van der Waals surface area contributed by atoms with Crippen molar-refractivity contribution in [2.45, 2.75) is 19.0 Å². The molecule has 2 N–H and O–H groups in total. The zero-order chi connectivity index (χ0) is 9.97. The number of likely N-dealkylation sites (tertiary alicyclic amines) is 1. The maximum absolute atomic E-state index is 5.92. The molecule has 0 spiro atoms. The van der Waals surface area contributed by atoms with Crippen molar-refractivity contribution in [3.05, 3.63) is 34.9 Å². The molecule has 0 amide bonds. The summed E-state index contributed by atoms with van der Waals surface area (Å²) in [5.74, 6) is 0. The monoisotopic (exact) mass is 210 g/mol. The van der Waals surface area contributed by atoms with Crippen molar-refractivity contribution in [1.82, 2.24) is 4.90 Å². The van der Waals surface area contributed by atoms with Crippen molar-refractivity contribution in [2.75, 3.05) is 13.1 Å². The van der Waals surface area contributed by atoms with Gasteiger partial charge in [0.2, 0.25) is 0 Å². The minimum atomic E-state index is 0.356. The smallest absolute Gasteiger partial charge is 0.0409 e. The molecule has 1 aromatic carbocycles. The Labute approximate surface area is 89.7 Å². The Balaban J connectivity index is 1.97. The highest BCUT2D eigenvalue weighted by molar-refractivity contribution is 6.30. The summed E-state index contributed by atoms with van der Waals surface area (Å²) < 4.78 is 0. The van der Waals surface area contributed by atoms with Crippen LogP contribution in [0.2, 0.25) is 5.02 Å². The highest BCUT2D eigenvalue weighted by Crippen LogP contribution is 2.15. The number of nitrogens with zero attached hydrogens (tertiary/aromatic N) is 1. The predicted octanol–water partition coefficient (Wildman–Crippen LogP) is 1.87. The van der Waals surface area contributed by atoms with E-state index in [2.05, 4.69) is 11.0 Å². The topological polar surface area (TPSA) is 29.3 Å². The maximum Gasteiger partial charge on any atom is 0.0409 e. The Morgan fingerprint density at radius 1 is 1.50 bits per heavy atom. The Morgan fingerprint density at radius 2 is 2.36 bits per heavy atom. The van der Waals surface area contributed by atoms with E-state index < -0.39 is 0 Å². The highest BCUT2D eigenvalue weighted by atomic mass is 35.5. The summed E-state index contributed by atoms with van der Waals surface area (Å²) in [6.45, 7) is 3.08. The molecule has 1 aliphatic rings. The SMILES string of the molecule is NC1CCN(Cc2cccc(Cl)c2)C1. The van der Waals surface area contributed by atoms with Gasteiger partial charge in [-0.2, -0.15) is 0 Å². The quantitative estimate of drug-likeness (QED) is 0.808. The molecule has 1 heterocycles. The molecule has 0 radical (unpaired) electrons. The van der Waals surface area contributed by atoms with Crippen molar-refractivity contribution in [2.24, 2.45) is 5.73 Å². The summed E-state index contributed by atoms with van der Waals surface area (Å²) in [5, 5.41) is 0.811. The van der Waals surface area contributed by atoms with Gasteiger partial charge in [0, 0.05) is 30.7 Å². The van der Waals surface area contributed by atoms with Gasteiger partial charge in [-0.3, -0.25) is 4.90 Å². The lowest BCUT2D eigenvalue weighted by molar-refractivity contribution is 0.327. The second kappa shape index (κ2) is 4.30. The van der Waals surface area contributed by atoms with Crippen LogP contribution >= 0.6 is 11.6 Å². The molecule has 0 aliphatic carbocycles. The fourth-order valence-electron chi connectivity index (χ4n) is 1.90. The van der Waals surface area contributed by atoms with Gasteiger partial charge in [-0.1, -0.05) is 23.7 Å². The average molecular weight is 211 g/mol. The van der Waals surface area contributed by atoms with Crippen LogP contribution in [0.5, 0.6) is 0 Å². The van der Waals surface area contributed by atoms with E-state index in [4.69, 9.17) is 17.3 Å². The molecule has 0 saturated carbocycles. The Morgan fingerprint density at radius 3 is 3.00 bits per heavy atom. The first-order valence-electron chi connectivity index (χ1n) is 4.96. The number of benzene rings is 1. The fraction of sp³-hybridized carbons (Fsp3) is 0.455. The van der Waals surface area contributed by atoms with E-state index in [1.807, 2.05) is 18.2 Å². The van der Waals surface area contributed by atoms with Crippen LogP contribution in [0.1, 0.15) is 12.0 Å². The second-order valence-electron chi connectivity index (χ2n) is 3.91. The molecule has 1 aliphatic heterocycles. The van der Waals surface area contributed by atoms with E-state index in [1.165, 1.54) is 5.56 Å². The lowest BCUT2D eigenvalue weighted by Crippen LogP contribution is -2.26. The fourth-order valence-corrected chi connectivity index (χ4v) is 2.11. The standard InChI is InChI=1S/C11H15ClN2/c12-10-3-1-2-9(6-10)7-14-5-4-11(13)8-14/h1-3,6,11H,4-5,7-8,13H2. The Kier molecular flexibility index (Phi) is 3.06. The predicted molar refractivity (Wildman–Crippen MR) is 59.3 cm³/mol. The Hall–Kier alpha value is -0.570. The third kappa shape index (κ3) is 2.47. The van der Waals surface area contributed by atoms with Crippen LogP contribution in [0.25, 0.3) is 0 Å². The summed E-state index contributed by atoms with van der Waals surface area (Å²) >= 11 is 5.92. The summed E-state index contributed by atoms with van der Waals surface area (Å²) in [6, 6.07) is 8.38. The van der Waals surface area contributed by atoms with Gasteiger partial charge in [-0.05, 0) is 24.1 Å². The van der Waals surface area contributed by atoms with Crippen LogP contribution in [-0.2, 0) is 6.54 Å². The first-order valence-corrected chi connectivity index (χ1v) is 5.34. The van der Waals surface area contributed by atoms with Gasteiger partial charge in [-0.15, -0.1) is 0 Å². The Bertz CT molecular complexity index is 314. The number of rotatable bonds is 2. The van der Waals surface area contributed by atoms with Crippen molar-refractivity contribution in [3.8, 4) is 0 Å². The largest absolute Gasteiger partial charge is 0.326 e. The lowest BCUT2D eigenvalue weighted by atomic mass is 10.2. The molecule has 1 fully saturated rings. The van der Waals surface area contributed by atoms with Gasteiger partial charge in [0.15, 0.2) is 0 Å². The summed E-state index contributed by atoms with van der Waals surface area (Å²) in [7, 11) is 0. The van der Waals surface area contributed by atoms with Crippen LogP contribution < -0.4 is 5.73 Å². The summed E-state index contributed by atoms with van der Waals surface area (Å²) in [5.41, 5.74) is 7.11. The van der Waals surface area contributed by atoms with Crippen LogP contribution in [-0.4, -0.2) is 24.0 Å². The minimum absolute atomic E-state index is 0.356. The molecular weight excluding hydrogens is 196 g/mol. The van der Waals surface area contributed by atoms with E-state index in [0.717, 1.165) is 31.1 Å². The number of hydrogen-bond donors (Lipinski definition) is 1. The highest BCUT2D eigenvalue weighted by Gasteiger charge is 2.18. The van der Waals surface area contributed by atoms with E-state index in [0.29, 0.717) is 6.04 Å². The molecule has 2 rings (SSSR count). The molecule has 14 heavy (non-hydrogen) atoms. The first kappa shape index (κ1) is 9.97. The van der Waals surface area contributed by atoms with Gasteiger partial charge in [0.25, 0.3) is 0 Å². The van der Waals surface area contributed by atoms with E-state index >= 15 is 0 Å². The molecule has 1 atom stereocenters. The molecule has 1 unspecified atom stereocenters. The molecular formula is C11H15ClN2. The van der Waals surface area contributed by atoms with Gasteiger partial charge in [0.05, 0.1) is 0 Å². The first-order chi connectivity index (χ1) is 6.74. The molecule has 3 heteroatoms. The number of hydrogen-bond acceptors (Lipinski definition) is 2. The lowest BCUT2D eigenvalue weighted by Gasteiger charge is -2.14. The maximum atomic E-state index is 5.92. The number of halogens is 1. The summed E-state index contributed by atoms with van der Waals surface area (Å²) in [6.07, 6.45) is 1.11.